The molecule has 184 valence electrons. The molecule has 10 heteroatoms. The molecule has 1 fully saturated rings. The monoisotopic (exact) mass is 538 g/mol. The van der Waals surface area contributed by atoms with Gasteiger partial charge < -0.3 is 31.1 Å². The van der Waals surface area contributed by atoms with E-state index in [0.29, 0.717) is 20.3 Å². The van der Waals surface area contributed by atoms with E-state index >= 15 is 0 Å². The molecule has 2 aromatic carbocycles. The maximum atomic E-state index is 5.91. The molecule has 3 rings (SSSR count). The van der Waals surface area contributed by atoms with E-state index in [1.807, 2.05) is 48.5 Å². The summed E-state index contributed by atoms with van der Waals surface area (Å²) in [6.45, 7) is 8.31. The summed E-state index contributed by atoms with van der Waals surface area (Å²) in [7, 11) is 0. The molecule has 1 aliphatic heterocycles. The van der Waals surface area contributed by atoms with Gasteiger partial charge in [-0.05, 0) is 98.9 Å². The van der Waals surface area contributed by atoms with Crippen molar-refractivity contribution in [3.05, 3.63) is 58.6 Å². The van der Waals surface area contributed by atoms with Gasteiger partial charge in [-0.15, -0.1) is 0 Å². The summed E-state index contributed by atoms with van der Waals surface area (Å²) in [4.78, 5) is 5.05. The maximum Gasteiger partial charge on any atom is 0.170 e. The Morgan fingerprint density at radius 3 is 1.35 bits per heavy atom. The van der Waals surface area contributed by atoms with Gasteiger partial charge >= 0.3 is 0 Å². The number of piperazine rings is 1. The van der Waals surface area contributed by atoms with E-state index in [4.69, 9.17) is 47.6 Å². The van der Waals surface area contributed by atoms with Crippen molar-refractivity contribution in [3.8, 4) is 0 Å². The van der Waals surface area contributed by atoms with Crippen molar-refractivity contribution < 1.29 is 0 Å². The fourth-order valence-electron chi connectivity index (χ4n) is 3.66. The van der Waals surface area contributed by atoms with Crippen molar-refractivity contribution in [3.63, 3.8) is 0 Å². The number of nitrogens with zero attached hydrogens (tertiary/aromatic N) is 2. The second-order valence-corrected chi connectivity index (χ2v) is 9.86. The van der Waals surface area contributed by atoms with Gasteiger partial charge in [0.15, 0.2) is 10.2 Å². The summed E-state index contributed by atoms with van der Waals surface area (Å²) >= 11 is 22.5. The number of halogens is 2. The number of nitrogens with one attached hydrogen (secondary N) is 4. The van der Waals surface area contributed by atoms with E-state index in [1.54, 1.807) is 0 Å². The van der Waals surface area contributed by atoms with E-state index < -0.39 is 0 Å². The molecule has 0 aliphatic carbocycles. The van der Waals surface area contributed by atoms with Crippen LogP contribution in [-0.4, -0.2) is 72.4 Å². The average Bonchev–Trinajstić information content (AvgIpc) is 2.83. The molecule has 0 aromatic heterocycles. The van der Waals surface area contributed by atoms with Crippen LogP contribution < -0.4 is 21.3 Å². The van der Waals surface area contributed by atoms with Crippen LogP contribution in [0.2, 0.25) is 10.0 Å². The molecule has 0 unspecified atom stereocenters. The topological polar surface area (TPSA) is 54.6 Å². The number of anilines is 2. The quantitative estimate of drug-likeness (QED) is 0.257. The number of benzene rings is 2. The highest BCUT2D eigenvalue weighted by molar-refractivity contribution is 7.80. The van der Waals surface area contributed by atoms with Crippen LogP contribution in [0.4, 0.5) is 11.4 Å². The number of thiocarbonyl (C=S) groups is 2. The van der Waals surface area contributed by atoms with Gasteiger partial charge in [0.25, 0.3) is 0 Å². The zero-order valence-corrected chi connectivity index (χ0v) is 22.3. The summed E-state index contributed by atoms with van der Waals surface area (Å²) in [5, 5.41) is 15.6. The molecule has 2 aromatic rings. The second-order valence-electron chi connectivity index (χ2n) is 8.17. The Bertz CT molecular complexity index is 827. The molecule has 0 spiro atoms. The third-order valence-corrected chi connectivity index (χ3v) is 6.54. The molecule has 0 bridgehead atoms. The van der Waals surface area contributed by atoms with Gasteiger partial charge in [-0.25, -0.2) is 0 Å². The Labute approximate surface area is 223 Å². The zero-order chi connectivity index (χ0) is 24.2. The number of hydrogen-bond acceptors (Lipinski definition) is 4. The maximum absolute atomic E-state index is 5.91. The van der Waals surface area contributed by atoms with Crippen molar-refractivity contribution in [2.24, 2.45) is 0 Å². The molecule has 0 saturated carbocycles. The third-order valence-electron chi connectivity index (χ3n) is 5.54. The average molecular weight is 540 g/mol. The molecule has 1 aliphatic rings. The highest BCUT2D eigenvalue weighted by atomic mass is 35.5. The van der Waals surface area contributed by atoms with Crippen LogP contribution in [0.3, 0.4) is 0 Å². The Kier molecular flexibility index (Phi) is 11.6. The minimum atomic E-state index is 0.642. The van der Waals surface area contributed by atoms with Crippen molar-refractivity contribution in [1.29, 1.82) is 0 Å². The van der Waals surface area contributed by atoms with Gasteiger partial charge in [0.05, 0.1) is 0 Å². The second kappa shape index (κ2) is 14.7. The van der Waals surface area contributed by atoms with Gasteiger partial charge in [0, 0.05) is 60.7 Å². The smallest absolute Gasteiger partial charge is 0.170 e. The third kappa shape index (κ3) is 10.3. The van der Waals surface area contributed by atoms with Crippen LogP contribution in [0, 0.1) is 0 Å². The van der Waals surface area contributed by atoms with Crippen LogP contribution in [-0.2, 0) is 0 Å². The Balaban J connectivity index is 1.18. The first-order chi connectivity index (χ1) is 16.5. The van der Waals surface area contributed by atoms with Crippen molar-refractivity contribution in [2.75, 3.05) is 63.0 Å². The summed E-state index contributed by atoms with van der Waals surface area (Å²) in [6.07, 6.45) is 2.12. The highest BCUT2D eigenvalue weighted by Gasteiger charge is 2.15. The molecule has 1 heterocycles. The summed E-state index contributed by atoms with van der Waals surface area (Å²) in [5.74, 6) is 0. The Morgan fingerprint density at radius 2 is 1.00 bits per heavy atom. The first-order valence-corrected chi connectivity index (χ1v) is 13.1. The lowest BCUT2D eigenvalue weighted by Gasteiger charge is -2.34. The van der Waals surface area contributed by atoms with E-state index in [2.05, 4.69) is 31.1 Å². The Hall–Kier alpha value is -1.68. The summed E-state index contributed by atoms with van der Waals surface area (Å²) in [5.41, 5.74) is 1.88. The predicted octanol–water partition coefficient (Wildman–Crippen LogP) is 4.66. The summed E-state index contributed by atoms with van der Waals surface area (Å²) < 4.78 is 0. The van der Waals surface area contributed by atoms with Crippen LogP contribution >= 0.6 is 47.6 Å². The lowest BCUT2D eigenvalue weighted by Crippen LogP contribution is -2.47. The first-order valence-electron chi connectivity index (χ1n) is 11.5. The fourth-order valence-corrected chi connectivity index (χ4v) is 4.35. The van der Waals surface area contributed by atoms with E-state index in [-0.39, 0.29) is 0 Å². The van der Waals surface area contributed by atoms with Crippen LogP contribution in [0.25, 0.3) is 0 Å². The van der Waals surface area contributed by atoms with Gasteiger partial charge in [-0.1, -0.05) is 23.2 Å². The lowest BCUT2D eigenvalue weighted by atomic mass is 10.2. The van der Waals surface area contributed by atoms with E-state index in [0.717, 1.165) is 76.6 Å². The molecule has 1 saturated heterocycles. The van der Waals surface area contributed by atoms with Gasteiger partial charge in [0.2, 0.25) is 0 Å². The van der Waals surface area contributed by atoms with Gasteiger partial charge in [-0.2, -0.15) is 0 Å². The fraction of sp³-hybridized carbons (Fsp3) is 0.417. The lowest BCUT2D eigenvalue weighted by molar-refractivity contribution is 0.131. The molecular formula is C24H32Cl2N6S2. The molecule has 0 amide bonds. The van der Waals surface area contributed by atoms with Gasteiger partial charge in [-0.3, -0.25) is 0 Å². The molecule has 0 radical (unpaired) electrons. The minimum absolute atomic E-state index is 0.642. The normalized spacial score (nSPS) is 14.4. The van der Waals surface area contributed by atoms with E-state index in [1.165, 1.54) is 0 Å². The molecule has 34 heavy (non-hydrogen) atoms. The number of hydrogen-bond donors (Lipinski definition) is 4. The van der Waals surface area contributed by atoms with Crippen molar-refractivity contribution >= 4 is 69.2 Å². The van der Waals surface area contributed by atoms with Crippen molar-refractivity contribution in [1.82, 2.24) is 20.4 Å². The number of rotatable bonds is 10. The molecular weight excluding hydrogens is 507 g/mol. The van der Waals surface area contributed by atoms with E-state index in [9.17, 15) is 0 Å². The molecule has 6 nitrogen and oxygen atoms in total. The highest BCUT2D eigenvalue weighted by Crippen LogP contribution is 2.14. The minimum Gasteiger partial charge on any atom is -0.362 e. The van der Waals surface area contributed by atoms with Crippen LogP contribution in [0.15, 0.2) is 48.5 Å². The Morgan fingerprint density at radius 1 is 0.647 bits per heavy atom. The van der Waals surface area contributed by atoms with Crippen LogP contribution in [0.5, 0.6) is 0 Å². The predicted molar refractivity (Wildman–Crippen MR) is 153 cm³/mol. The zero-order valence-electron chi connectivity index (χ0n) is 19.2. The largest absolute Gasteiger partial charge is 0.362 e. The SMILES string of the molecule is S=C(NCCCN1CCN(CCCNC(=S)Nc2ccc(Cl)cc2)CC1)Nc1ccc(Cl)cc1. The van der Waals surface area contributed by atoms with Crippen LogP contribution in [0.1, 0.15) is 12.8 Å². The molecule has 4 N–H and O–H groups in total. The standard InChI is InChI=1S/C24H32Cl2N6S2/c25-19-3-7-21(8-4-19)29-23(33)27-11-1-13-31-15-17-32(18-16-31)14-2-12-28-24(34)30-22-9-5-20(26)6-10-22/h3-10H,1-2,11-18H2,(H2,27,29,33)(H2,28,30,34). The summed E-state index contributed by atoms with van der Waals surface area (Å²) in [6, 6.07) is 15.0. The van der Waals surface area contributed by atoms with Gasteiger partial charge in [0.1, 0.15) is 0 Å². The first kappa shape index (κ1) is 26.9. The van der Waals surface area contributed by atoms with Crippen molar-refractivity contribution in [2.45, 2.75) is 12.8 Å². The molecule has 0 atom stereocenters.